The van der Waals surface area contributed by atoms with Gasteiger partial charge in [-0.2, -0.15) is 0 Å². The fraction of sp³-hybridized carbons (Fsp3) is 0.375. The van der Waals surface area contributed by atoms with Crippen molar-refractivity contribution in [2.45, 2.75) is 12.3 Å². The van der Waals surface area contributed by atoms with Crippen molar-refractivity contribution in [3.8, 4) is 5.75 Å². The summed E-state index contributed by atoms with van der Waals surface area (Å²) in [6, 6.07) is 0. The van der Waals surface area contributed by atoms with Crippen LogP contribution in [0.2, 0.25) is 0 Å². The highest BCUT2D eigenvalue weighted by molar-refractivity contribution is 6.17. The fourth-order valence-electron chi connectivity index (χ4n) is 1.21. The average Bonchev–Trinajstić information content (AvgIpc) is 2.26. The van der Waals surface area contributed by atoms with E-state index in [1.165, 1.54) is 7.11 Å². The van der Waals surface area contributed by atoms with Crippen LogP contribution in [0.1, 0.15) is 17.7 Å². The van der Waals surface area contributed by atoms with Crippen molar-refractivity contribution in [1.29, 1.82) is 0 Å². The van der Waals surface area contributed by atoms with Crippen molar-refractivity contribution in [2.75, 3.05) is 7.11 Å². The summed E-state index contributed by atoms with van der Waals surface area (Å²) < 4.78 is 29.7. The molecule has 0 radical (unpaired) electrons. The number of alkyl halides is 3. The molecule has 0 bridgehead atoms. The van der Waals surface area contributed by atoms with Gasteiger partial charge in [-0.25, -0.2) is 8.78 Å². The highest BCUT2D eigenvalue weighted by Gasteiger charge is 2.28. The Morgan fingerprint density at radius 1 is 1.69 bits per heavy atom. The van der Waals surface area contributed by atoms with Crippen molar-refractivity contribution in [3.63, 3.8) is 0 Å². The molecule has 1 aromatic heterocycles. The third kappa shape index (κ3) is 2.19. The zero-order valence-corrected chi connectivity index (χ0v) is 8.87. The van der Waals surface area contributed by atoms with Gasteiger partial charge in [0, 0.05) is 0 Å². The molecular formula is C8H7ClF2N2O3. The van der Waals surface area contributed by atoms with Gasteiger partial charge in [-0.3, -0.25) is 15.1 Å². The van der Waals surface area contributed by atoms with Gasteiger partial charge in [0.2, 0.25) is 5.75 Å². The van der Waals surface area contributed by atoms with Gasteiger partial charge in [0.1, 0.15) is 5.69 Å². The molecule has 0 N–H and O–H groups in total. The molecule has 0 saturated heterocycles. The Balaban J connectivity index is 3.49. The Kier molecular flexibility index (Phi) is 3.94. The second-order valence-electron chi connectivity index (χ2n) is 2.73. The first-order valence-electron chi connectivity index (χ1n) is 4.07. The van der Waals surface area contributed by atoms with Gasteiger partial charge in [0.05, 0.1) is 29.7 Å². The first-order chi connectivity index (χ1) is 7.52. The Labute approximate surface area is 94.1 Å². The van der Waals surface area contributed by atoms with Crippen LogP contribution in [0.4, 0.5) is 14.5 Å². The number of hydrogen-bond donors (Lipinski definition) is 0. The smallest absolute Gasteiger partial charge is 0.318 e. The number of nitrogens with zero attached hydrogens (tertiary/aromatic N) is 2. The predicted molar refractivity (Wildman–Crippen MR) is 52.0 cm³/mol. The van der Waals surface area contributed by atoms with E-state index in [0.29, 0.717) is 0 Å². The number of ether oxygens (including phenoxy) is 1. The molecule has 0 aliphatic carbocycles. The Morgan fingerprint density at radius 2 is 2.31 bits per heavy atom. The molecule has 0 spiro atoms. The summed E-state index contributed by atoms with van der Waals surface area (Å²) in [4.78, 5) is 13.3. The number of hydrogen-bond acceptors (Lipinski definition) is 4. The van der Waals surface area contributed by atoms with Crippen molar-refractivity contribution >= 4 is 17.3 Å². The zero-order valence-electron chi connectivity index (χ0n) is 8.11. The van der Waals surface area contributed by atoms with Gasteiger partial charge in [-0.05, 0) is 0 Å². The van der Waals surface area contributed by atoms with Crippen LogP contribution >= 0.6 is 11.6 Å². The lowest BCUT2D eigenvalue weighted by Crippen LogP contribution is -2.04. The van der Waals surface area contributed by atoms with Gasteiger partial charge in [0.25, 0.3) is 6.43 Å². The van der Waals surface area contributed by atoms with Gasteiger partial charge >= 0.3 is 5.69 Å². The maximum atomic E-state index is 12.5. The number of halogens is 3. The molecule has 8 heteroatoms. The van der Waals surface area contributed by atoms with E-state index in [0.717, 1.165) is 6.20 Å². The molecule has 0 aliphatic heterocycles. The molecule has 0 unspecified atom stereocenters. The second kappa shape index (κ2) is 5.02. The number of aromatic nitrogens is 1. The van der Waals surface area contributed by atoms with Crippen molar-refractivity contribution in [3.05, 3.63) is 27.6 Å². The molecule has 1 rings (SSSR count). The largest absolute Gasteiger partial charge is 0.489 e. The number of methoxy groups -OCH3 is 1. The second-order valence-corrected chi connectivity index (χ2v) is 3.00. The Morgan fingerprint density at radius 3 is 2.69 bits per heavy atom. The summed E-state index contributed by atoms with van der Waals surface area (Å²) in [5.41, 5.74) is -1.58. The summed E-state index contributed by atoms with van der Waals surface area (Å²) in [6.45, 7) is 0. The summed E-state index contributed by atoms with van der Waals surface area (Å²) in [6.07, 6.45) is -2.03. The van der Waals surface area contributed by atoms with E-state index in [-0.39, 0.29) is 11.3 Å². The van der Waals surface area contributed by atoms with Crippen LogP contribution in [0.5, 0.6) is 5.75 Å². The minimum absolute atomic E-state index is 0.190. The molecule has 0 amide bonds. The molecule has 0 aromatic carbocycles. The normalized spacial score (nSPS) is 10.6. The lowest BCUT2D eigenvalue weighted by Gasteiger charge is -2.08. The number of nitro groups is 1. The lowest BCUT2D eigenvalue weighted by molar-refractivity contribution is -0.386. The molecule has 0 fully saturated rings. The van der Waals surface area contributed by atoms with E-state index in [1.54, 1.807) is 0 Å². The summed E-state index contributed by atoms with van der Waals surface area (Å²) >= 11 is 5.42. The molecule has 1 aromatic rings. The van der Waals surface area contributed by atoms with Crippen LogP contribution in [0.15, 0.2) is 6.20 Å². The molecule has 88 valence electrons. The zero-order chi connectivity index (χ0) is 12.3. The van der Waals surface area contributed by atoms with Crippen LogP contribution in [0.3, 0.4) is 0 Å². The van der Waals surface area contributed by atoms with E-state index >= 15 is 0 Å². The van der Waals surface area contributed by atoms with E-state index in [9.17, 15) is 18.9 Å². The molecule has 0 atom stereocenters. The molecule has 0 aliphatic rings. The highest BCUT2D eigenvalue weighted by Crippen LogP contribution is 2.36. The van der Waals surface area contributed by atoms with Gasteiger partial charge < -0.3 is 4.74 Å². The van der Waals surface area contributed by atoms with Crippen molar-refractivity contribution in [1.82, 2.24) is 4.98 Å². The van der Waals surface area contributed by atoms with Crippen LogP contribution in [0, 0.1) is 10.1 Å². The van der Waals surface area contributed by atoms with E-state index in [1.807, 2.05) is 0 Å². The molecule has 1 heterocycles. The van der Waals surface area contributed by atoms with Crippen LogP contribution < -0.4 is 4.74 Å². The predicted octanol–water partition coefficient (Wildman–Crippen LogP) is 2.67. The van der Waals surface area contributed by atoms with E-state index < -0.39 is 28.6 Å². The number of rotatable bonds is 4. The van der Waals surface area contributed by atoms with E-state index in [4.69, 9.17) is 11.6 Å². The number of pyridine rings is 1. The maximum absolute atomic E-state index is 12.5. The fourth-order valence-corrected chi connectivity index (χ4v) is 1.47. The summed E-state index contributed by atoms with van der Waals surface area (Å²) in [7, 11) is 1.18. The minimum Gasteiger partial charge on any atom is -0.489 e. The molecular weight excluding hydrogens is 246 g/mol. The third-order valence-corrected chi connectivity index (χ3v) is 2.16. The molecule has 16 heavy (non-hydrogen) atoms. The van der Waals surface area contributed by atoms with Gasteiger partial charge in [0.15, 0.2) is 0 Å². The molecule has 0 saturated carbocycles. The Hall–Kier alpha value is -1.50. The topological polar surface area (TPSA) is 65.3 Å². The van der Waals surface area contributed by atoms with Crippen LogP contribution in [-0.4, -0.2) is 17.0 Å². The SMILES string of the molecule is COc1cnc(C(F)F)c(CCl)c1[N+](=O)[O-]. The first kappa shape index (κ1) is 12.6. The van der Waals surface area contributed by atoms with Crippen molar-refractivity contribution < 1.29 is 18.4 Å². The lowest BCUT2D eigenvalue weighted by atomic mass is 10.1. The molecule has 5 nitrogen and oxygen atoms in total. The van der Waals surface area contributed by atoms with Crippen LogP contribution in [0.25, 0.3) is 0 Å². The van der Waals surface area contributed by atoms with Crippen LogP contribution in [-0.2, 0) is 5.88 Å². The quantitative estimate of drug-likeness (QED) is 0.469. The standard InChI is InChI=1S/C8H7ClF2N2O3/c1-16-5-3-12-6(8(10)11)4(2-9)7(5)13(14)15/h3,8H,2H2,1H3. The minimum atomic E-state index is -2.92. The maximum Gasteiger partial charge on any atom is 0.318 e. The first-order valence-corrected chi connectivity index (χ1v) is 4.60. The Bertz CT molecular complexity index is 415. The average molecular weight is 253 g/mol. The van der Waals surface area contributed by atoms with Gasteiger partial charge in [-0.15, -0.1) is 11.6 Å². The monoisotopic (exact) mass is 252 g/mol. The summed E-state index contributed by atoms with van der Waals surface area (Å²) in [5.74, 6) is -0.620. The van der Waals surface area contributed by atoms with Crippen molar-refractivity contribution in [2.24, 2.45) is 0 Å². The van der Waals surface area contributed by atoms with Gasteiger partial charge in [-0.1, -0.05) is 0 Å². The summed E-state index contributed by atoms with van der Waals surface area (Å²) in [5, 5.41) is 10.7. The van der Waals surface area contributed by atoms with E-state index in [2.05, 4.69) is 9.72 Å². The highest BCUT2D eigenvalue weighted by atomic mass is 35.5. The third-order valence-electron chi connectivity index (χ3n) is 1.89.